The number of aryl methyl sites for hydroxylation is 1. The van der Waals surface area contributed by atoms with Crippen molar-refractivity contribution >= 4 is 27.6 Å². The molecule has 1 saturated heterocycles. The molecule has 1 aliphatic heterocycles. The van der Waals surface area contributed by atoms with Crippen LogP contribution in [0.15, 0.2) is 53.4 Å². The van der Waals surface area contributed by atoms with Crippen molar-refractivity contribution in [3.05, 3.63) is 59.7 Å². The minimum atomic E-state index is -3.98. The standard InChI is InChI=1S/C25H32N2O7S/c1-3-32-23(28)16-19-9-11-20(12-10-19)26-25(29)22(17-34-24-6-4-5-15-33-24)27-35(30,31)21-13-7-18(2)8-14-21/h7-14,22,24,27H,3-6,15-17H2,1-2H3,(H,26,29)/t22-,24?/m0/s1. The maximum Gasteiger partial charge on any atom is 0.310 e. The lowest BCUT2D eigenvalue weighted by Gasteiger charge is -2.25. The summed E-state index contributed by atoms with van der Waals surface area (Å²) in [7, 11) is -3.98. The van der Waals surface area contributed by atoms with Crippen molar-refractivity contribution in [3.63, 3.8) is 0 Å². The molecule has 1 unspecified atom stereocenters. The van der Waals surface area contributed by atoms with Crippen LogP contribution in [-0.2, 0) is 40.2 Å². The summed E-state index contributed by atoms with van der Waals surface area (Å²) in [5.74, 6) is -0.911. The van der Waals surface area contributed by atoms with Gasteiger partial charge in [-0.1, -0.05) is 29.8 Å². The average Bonchev–Trinajstić information content (AvgIpc) is 2.84. The number of sulfonamides is 1. The van der Waals surface area contributed by atoms with Gasteiger partial charge in [0.15, 0.2) is 6.29 Å². The van der Waals surface area contributed by atoms with Crippen LogP contribution in [0.1, 0.15) is 37.3 Å². The second-order valence-electron chi connectivity index (χ2n) is 8.28. The zero-order valence-corrected chi connectivity index (χ0v) is 20.8. The highest BCUT2D eigenvalue weighted by atomic mass is 32.2. The van der Waals surface area contributed by atoms with E-state index in [-0.39, 0.29) is 23.9 Å². The lowest BCUT2D eigenvalue weighted by atomic mass is 10.1. The van der Waals surface area contributed by atoms with Crippen LogP contribution >= 0.6 is 0 Å². The van der Waals surface area contributed by atoms with E-state index >= 15 is 0 Å². The molecule has 2 atom stereocenters. The molecular formula is C25H32N2O7S. The Balaban J connectivity index is 1.70. The summed E-state index contributed by atoms with van der Waals surface area (Å²) in [6.45, 7) is 4.28. The van der Waals surface area contributed by atoms with E-state index in [0.29, 0.717) is 25.3 Å². The Morgan fingerprint density at radius 3 is 2.43 bits per heavy atom. The predicted molar refractivity (Wildman–Crippen MR) is 130 cm³/mol. The largest absolute Gasteiger partial charge is 0.466 e. The van der Waals surface area contributed by atoms with E-state index in [2.05, 4.69) is 10.0 Å². The predicted octanol–water partition coefficient (Wildman–Crippen LogP) is 2.93. The van der Waals surface area contributed by atoms with E-state index in [4.69, 9.17) is 14.2 Å². The summed E-state index contributed by atoms with van der Waals surface area (Å²) in [6.07, 6.45) is 2.20. The summed E-state index contributed by atoms with van der Waals surface area (Å²) < 4.78 is 44.6. The SMILES string of the molecule is CCOC(=O)Cc1ccc(NC(=O)[C@H](COC2CCCCO2)NS(=O)(=O)c2ccc(C)cc2)cc1. The number of carbonyl (C=O) groups excluding carboxylic acids is 2. The van der Waals surface area contributed by atoms with Gasteiger partial charge in [0.05, 0.1) is 24.5 Å². The van der Waals surface area contributed by atoms with Gasteiger partial charge in [0, 0.05) is 12.3 Å². The molecule has 0 radical (unpaired) electrons. The first-order valence-corrected chi connectivity index (χ1v) is 13.1. The molecule has 2 aromatic carbocycles. The molecule has 1 amide bonds. The van der Waals surface area contributed by atoms with E-state index in [1.807, 2.05) is 6.92 Å². The minimum absolute atomic E-state index is 0.0538. The number of ether oxygens (including phenoxy) is 3. The van der Waals surface area contributed by atoms with E-state index in [0.717, 1.165) is 24.0 Å². The third kappa shape index (κ3) is 8.43. The summed E-state index contributed by atoms with van der Waals surface area (Å²) in [5.41, 5.74) is 2.11. The van der Waals surface area contributed by atoms with Crippen LogP contribution in [0.4, 0.5) is 5.69 Å². The van der Waals surface area contributed by atoms with Gasteiger partial charge >= 0.3 is 5.97 Å². The molecule has 1 aliphatic rings. The molecule has 35 heavy (non-hydrogen) atoms. The van der Waals surface area contributed by atoms with Gasteiger partial charge in [-0.2, -0.15) is 4.72 Å². The van der Waals surface area contributed by atoms with Crippen molar-refractivity contribution in [2.45, 2.75) is 56.8 Å². The highest BCUT2D eigenvalue weighted by molar-refractivity contribution is 7.89. The second-order valence-corrected chi connectivity index (χ2v) is 10.00. The number of esters is 1. The number of rotatable bonds is 11. The Labute approximate surface area is 206 Å². The highest BCUT2D eigenvalue weighted by Gasteiger charge is 2.28. The van der Waals surface area contributed by atoms with Crippen molar-refractivity contribution in [1.29, 1.82) is 0 Å². The van der Waals surface area contributed by atoms with Gasteiger partial charge in [0.2, 0.25) is 15.9 Å². The average molecular weight is 505 g/mol. The van der Waals surface area contributed by atoms with Gasteiger partial charge in [0.1, 0.15) is 6.04 Å². The molecule has 190 valence electrons. The van der Waals surface area contributed by atoms with Crippen LogP contribution in [0, 0.1) is 6.92 Å². The van der Waals surface area contributed by atoms with Gasteiger partial charge in [-0.05, 0) is 62.9 Å². The molecule has 0 spiro atoms. The third-order valence-corrected chi connectivity index (χ3v) is 6.89. The van der Waals surface area contributed by atoms with Crippen molar-refractivity contribution in [2.24, 2.45) is 0 Å². The van der Waals surface area contributed by atoms with Crippen molar-refractivity contribution in [1.82, 2.24) is 4.72 Å². The third-order valence-electron chi connectivity index (χ3n) is 5.41. The van der Waals surface area contributed by atoms with Crippen molar-refractivity contribution in [2.75, 3.05) is 25.1 Å². The number of hydrogen-bond donors (Lipinski definition) is 2. The van der Waals surface area contributed by atoms with Crippen molar-refractivity contribution < 1.29 is 32.2 Å². The smallest absolute Gasteiger partial charge is 0.310 e. The summed E-state index contributed by atoms with van der Waals surface area (Å²) >= 11 is 0. The maximum absolute atomic E-state index is 13.1. The molecule has 10 heteroatoms. The molecule has 2 N–H and O–H groups in total. The lowest BCUT2D eigenvalue weighted by molar-refractivity contribution is -0.166. The summed E-state index contributed by atoms with van der Waals surface area (Å²) in [5, 5.41) is 2.72. The Bertz CT molecular complexity index is 1080. The van der Waals surface area contributed by atoms with Crippen molar-refractivity contribution in [3.8, 4) is 0 Å². The minimum Gasteiger partial charge on any atom is -0.466 e. The Morgan fingerprint density at radius 1 is 1.09 bits per heavy atom. The van der Waals surface area contributed by atoms with E-state index in [1.54, 1.807) is 43.3 Å². The molecule has 9 nitrogen and oxygen atoms in total. The fraction of sp³-hybridized carbons (Fsp3) is 0.440. The van der Waals surface area contributed by atoms with Crippen LogP contribution < -0.4 is 10.0 Å². The number of carbonyl (C=O) groups is 2. The van der Waals surface area contributed by atoms with Crippen LogP contribution in [0.5, 0.6) is 0 Å². The Morgan fingerprint density at radius 2 is 1.80 bits per heavy atom. The van der Waals surface area contributed by atoms with Gasteiger partial charge in [-0.25, -0.2) is 8.42 Å². The van der Waals surface area contributed by atoms with E-state index in [9.17, 15) is 18.0 Å². The summed E-state index contributed by atoms with van der Waals surface area (Å²) in [4.78, 5) is 24.8. The zero-order valence-electron chi connectivity index (χ0n) is 20.0. The zero-order chi connectivity index (χ0) is 25.3. The first kappa shape index (κ1) is 26.8. The number of anilines is 1. The molecule has 0 aliphatic carbocycles. The second kappa shape index (κ2) is 12.8. The quantitative estimate of drug-likeness (QED) is 0.452. The summed E-state index contributed by atoms with van der Waals surface area (Å²) in [6, 6.07) is 11.8. The Hall–Kier alpha value is -2.79. The van der Waals surface area contributed by atoms with Gasteiger partial charge in [0.25, 0.3) is 0 Å². The van der Waals surface area contributed by atoms with Gasteiger partial charge < -0.3 is 19.5 Å². The molecule has 1 fully saturated rings. The Kier molecular flexibility index (Phi) is 9.79. The lowest BCUT2D eigenvalue weighted by Crippen LogP contribution is -2.47. The molecule has 3 rings (SSSR count). The van der Waals surface area contributed by atoms with Crippen LogP contribution in [0.25, 0.3) is 0 Å². The monoisotopic (exact) mass is 504 g/mol. The fourth-order valence-corrected chi connectivity index (χ4v) is 4.68. The molecule has 2 aromatic rings. The first-order valence-electron chi connectivity index (χ1n) is 11.6. The van der Waals surface area contributed by atoms with Crippen LogP contribution in [-0.4, -0.2) is 52.4 Å². The number of benzene rings is 2. The normalized spacial score (nSPS) is 16.9. The molecule has 0 bridgehead atoms. The maximum atomic E-state index is 13.1. The highest BCUT2D eigenvalue weighted by Crippen LogP contribution is 2.16. The molecule has 1 heterocycles. The first-order chi connectivity index (χ1) is 16.8. The number of hydrogen-bond acceptors (Lipinski definition) is 7. The molecule has 0 saturated carbocycles. The van der Waals surface area contributed by atoms with Crippen LogP contribution in [0.2, 0.25) is 0 Å². The van der Waals surface area contributed by atoms with Crippen LogP contribution in [0.3, 0.4) is 0 Å². The van der Waals surface area contributed by atoms with E-state index in [1.165, 1.54) is 12.1 Å². The van der Waals surface area contributed by atoms with Gasteiger partial charge in [-0.15, -0.1) is 0 Å². The topological polar surface area (TPSA) is 120 Å². The fourth-order valence-electron chi connectivity index (χ4n) is 3.50. The molecule has 0 aromatic heterocycles. The van der Waals surface area contributed by atoms with Gasteiger partial charge in [-0.3, -0.25) is 9.59 Å². The number of amides is 1. The number of nitrogens with one attached hydrogen (secondary N) is 2. The molecular weight excluding hydrogens is 472 g/mol. The van der Waals surface area contributed by atoms with E-state index < -0.39 is 28.3 Å².